The van der Waals surface area contributed by atoms with Crippen molar-refractivity contribution >= 4 is 21.4 Å². The Morgan fingerprint density at radius 3 is 2.56 bits per heavy atom. The summed E-state index contributed by atoms with van der Waals surface area (Å²) in [5.74, 6) is -0.731. The van der Waals surface area contributed by atoms with E-state index in [1.807, 2.05) is 0 Å². The van der Waals surface area contributed by atoms with E-state index in [9.17, 15) is 22.0 Å². The monoisotopic (exact) mass is 370 g/mol. The van der Waals surface area contributed by atoms with Gasteiger partial charge in [-0.3, -0.25) is 4.79 Å². The van der Waals surface area contributed by atoms with Gasteiger partial charge in [0.25, 0.3) is 12.3 Å². The number of alkyl halides is 2. The molecule has 0 aliphatic heterocycles. The number of sulfone groups is 1. The molecule has 9 heteroatoms. The number of aromatic nitrogens is 1. The molecular weight excluding hydrogens is 354 g/mol. The highest BCUT2D eigenvalue weighted by Gasteiger charge is 2.13. The largest absolute Gasteiger partial charge is 0.472 e. The summed E-state index contributed by atoms with van der Waals surface area (Å²) in [6.45, 7) is -0.780. The lowest BCUT2D eigenvalue weighted by Gasteiger charge is -2.11. The topological polar surface area (TPSA) is 85.4 Å². The summed E-state index contributed by atoms with van der Waals surface area (Å²) in [7, 11) is -3.26. The summed E-state index contributed by atoms with van der Waals surface area (Å²) in [6.07, 6.45) is -0.320. The second kappa shape index (κ2) is 8.02. The van der Waals surface area contributed by atoms with E-state index in [4.69, 9.17) is 4.74 Å². The Kier molecular flexibility index (Phi) is 6.02. The summed E-state index contributed by atoms with van der Waals surface area (Å²) in [6, 6.07) is 9.22. The van der Waals surface area contributed by atoms with E-state index < -0.39 is 28.8 Å². The molecule has 0 saturated heterocycles. The molecule has 6 nitrogen and oxygen atoms in total. The average molecular weight is 370 g/mol. The number of anilines is 1. The first kappa shape index (κ1) is 18.8. The summed E-state index contributed by atoms with van der Waals surface area (Å²) >= 11 is 0. The second-order valence-electron chi connectivity index (χ2n) is 5.27. The molecule has 1 heterocycles. The molecule has 0 bridgehead atoms. The van der Waals surface area contributed by atoms with E-state index >= 15 is 0 Å². The van der Waals surface area contributed by atoms with Crippen molar-refractivity contribution in [1.82, 2.24) is 4.98 Å². The number of hydrogen-bond donors (Lipinski definition) is 1. The van der Waals surface area contributed by atoms with Crippen LogP contribution < -0.4 is 10.1 Å². The van der Waals surface area contributed by atoms with Crippen LogP contribution in [0, 0.1) is 0 Å². The van der Waals surface area contributed by atoms with Crippen molar-refractivity contribution in [1.29, 1.82) is 0 Å². The molecule has 1 aromatic carbocycles. The number of rotatable bonds is 7. The van der Waals surface area contributed by atoms with Crippen LogP contribution in [0.1, 0.15) is 15.9 Å². The van der Waals surface area contributed by atoms with Gasteiger partial charge in [-0.15, -0.1) is 0 Å². The summed E-state index contributed by atoms with van der Waals surface area (Å²) in [5.41, 5.74) is 1.01. The van der Waals surface area contributed by atoms with E-state index in [1.165, 1.54) is 18.3 Å². The fourth-order valence-corrected chi connectivity index (χ4v) is 2.81. The number of para-hydroxylation sites is 1. The van der Waals surface area contributed by atoms with Gasteiger partial charge in [0.05, 0.1) is 11.3 Å². The Morgan fingerprint density at radius 1 is 1.24 bits per heavy atom. The Morgan fingerprint density at radius 2 is 1.96 bits per heavy atom. The SMILES string of the molecule is CS(=O)(=O)Cc1ccccc1NC(=O)c1ccc(OCC(F)F)nc1. The predicted octanol–water partition coefficient (Wildman–Crippen LogP) is 2.52. The number of carbonyl (C=O) groups excluding carboxylic acids is 1. The first-order valence-corrected chi connectivity index (χ1v) is 9.24. The zero-order chi connectivity index (χ0) is 18.4. The third-order valence-corrected chi connectivity index (χ3v) is 3.87. The zero-order valence-corrected chi connectivity index (χ0v) is 14.1. The molecular formula is C16H16F2N2O4S. The Balaban J connectivity index is 2.10. The van der Waals surface area contributed by atoms with Crippen molar-refractivity contribution in [2.45, 2.75) is 12.2 Å². The number of hydrogen-bond acceptors (Lipinski definition) is 5. The minimum absolute atomic E-state index is 0.0191. The summed E-state index contributed by atoms with van der Waals surface area (Å²) < 4.78 is 51.8. The number of nitrogens with one attached hydrogen (secondary N) is 1. The van der Waals surface area contributed by atoms with Crippen LogP contribution >= 0.6 is 0 Å². The molecule has 0 aliphatic rings. The molecule has 0 aliphatic carbocycles. The van der Waals surface area contributed by atoms with Crippen molar-refractivity contribution in [3.63, 3.8) is 0 Å². The van der Waals surface area contributed by atoms with Crippen molar-refractivity contribution < 1.29 is 26.7 Å². The van der Waals surface area contributed by atoms with Crippen LogP contribution in [-0.2, 0) is 15.6 Å². The van der Waals surface area contributed by atoms with Crippen LogP contribution in [0.25, 0.3) is 0 Å². The number of nitrogens with zero attached hydrogens (tertiary/aromatic N) is 1. The smallest absolute Gasteiger partial charge is 0.272 e. The van der Waals surface area contributed by atoms with Gasteiger partial charge in [-0.2, -0.15) is 0 Å². The third kappa shape index (κ3) is 6.11. The van der Waals surface area contributed by atoms with Crippen LogP contribution in [0.15, 0.2) is 42.6 Å². The van der Waals surface area contributed by atoms with Crippen LogP contribution in [0.5, 0.6) is 5.88 Å². The first-order valence-electron chi connectivity index (χ1n) is 7.18. The van der Waals surface area contributed by atoms with Gasteiger partial charge >= 0.3 is 0 Å². The Hall–Kier alpha value is -2.55. The molecule has 0 atom stereocenters. The van der Waals surface area contributed by atoms with Crippen molar-refractivity contribution in [3.8, 4) is 5.88 Å². The van der Waals surface area contributed by atoms with E-state index in [-0.39, 0.29) is 17.2 Å². The van der Waals surface area contributed by atoms with E-state index in [0.29, 0.717) is 11.3 Å². The lowest BCUT2D eigenvalue weighted by molar-refractivity contribution is 0.0795. The first-order chi connectivity index (χ1) is 11.7. The lowest BCUT2D eigenvalue weighted by atomic mass is 10.2. The zero-order valence-electron chi connectivity index (χ0n) is 13.3. The Bertz CT molecular complexity index is 839. The second-order valence-corrected chi connectivity index (χ2v) is 7.41. The maximum atomic E-state index is 12.2. The molecule has 25 heavy (non-hydrogen) atoms. The van der Waals surface area contributed by atoms with Gasteiger partial charge in [0, 0.05) is 24.2 Å². The van der Waals surface area contributed by atoms with Gasteiger partial charge in [-0.1, -0.05) is 18.2 Å². The number of ether oxygens (including phenoxy) is 1. The molecule has 0 spiro atoms. The van der Waals surface area contributed by atoms with Gasteiger partial charge in [0.2, 0.25) is 5.88 Å². The van der Waals surface area contributed by atoms with E-state index in [1.54, 1.807) is 24.3 Å². The fraction of sp³-hybridized carbons (Fsp3) is 0.250. The van der Waals surface area contributed by atoms with Crippen molar-refractivity contribution in [2.75, 3.05) is 18.2 Å². The van der Waals surface area contributed by atoms with E-state index in [0.717, 1.165) is 6.26 Å². The molecule has 1 amide bonds. The van der Waals surface area contributed by atoms with Crippen LogP contribution in [-0.4, -0.2) is 38.6 Å². The summed E-state index contributed by atoms with van der Waals surface area (Å²) in [4.78, 5) is 16.0. The highest BCUT2D eigenvalue weighted by atomic mass is 32.2. The Labute approximate surface area is 143 Å². The quantitative estimate of drug-likeness (QED) is 0.809. The highest BCUT2D eigenvalue weighted by Crippen LogP contribution is 2.19. The van der Waals surface area contributed by atoms with Crippen molar-refractivity contribution in [3.05, 3.63) is 53.7 Å². The molecule has 0 fully saturated rings. The molecule has 0 saturated carbocycles. The van der Waals surface area contributed by atoms with Crippen LogP contribution in [0.2, 0.25) is 0 Å². The standard InChI is InChI=1S/C16H16F2N2O4S/c1-25(22,23)10-12-4-2-3-5-13(12)20-16(21)11-6-7-15(19-8-11)24-9-14(17)18/h2-8,14H,9-10H2,1H3,(H,20,21). The van der Waals surface area contributed by atoms with Gasteiger partial charge < -0.3 is 10.1 Å². The number of carbonyl (C=O) groups is 1. The fourth-order valence-electron chi connectivity index (χ4n) is 1.99. The number of amides is 1. The predicted molar refractivity (Wildman–Crippen MR) is 88.7 cm³/mol. The van der Waals surface area contributed by atoms with Gasteiger partial charge in [-0.05, 0) is 17.7 Å². The van der Waals surface area contributed by atoms with Gasteiger partial charge in [0.15, 0.2) is 16.4 Å². The molecule has 0 unspecified atom stereocenters. The molecule has 2 rings (SSSR count). The molecule has 2 aromatic rings. The third-order valence-electron chi connectivity index (χ3n) is 3.04. The highest BCUT2D eigenvalue weighted by molar-refractivity contribution is 7.89. The minimum Gasteiger partial charge on any atom is -0.472 e. The maximum Gasteiger partial charge on any atom is 0.272 e. The average Bonchev–Trinajstić information content (AvgIpc) is 2.54. The minimum atomic E-state index is -3.26. The normalized spacial score (nSPS) is 11.4. The summed E-state index contributed by atoms with van der Waals surface area (Å²) in [5, 5.41) is 2.61. The van der Waals surface area contributed by atoms with Crippen LogP contribution in [0.4, 0.5) is 14.5 Å². The van der Waals surface area contributed by atoms with Gasteiger partial charge in [0.1, 0.15) is 0 Å². The van der Waals surface area contributed by atoms with Crippen molar-refractivity contribution in [2.24, 2.45) is 0 Å². The molecule has 0 radical (unpaired) electrons. The van der Waals surface area contributed by atoms with Crippen LogP contribution in [0.3, 0.4) is 0 Å². The van der Waals surface area contributed by atoms with Gasteiger partial charge in [-0.25, -0.2) is 22.2 Å². The molecule has 134 valence electrons. The molecule has 1 aromatic heterocycles. The number of halogens is 2. The molecule has 1 N–H and O–H groups in total. The number of benzene rings is 1. The lowest BCUT2D eigenvalue weighted by Crippen LogP contribution is -2.15. The number of pyridine rings is 1. The maximum absolute atomic E-state index is 12.2. The van der Waals surface area contributed by atoms with E-state index in [2.05, 4.69) is 10.3 Å².